The molecule has 3 rings (SSSR count). The fourth-order valence-electron chi connectivity index (χ4n) is 4.13. The molecule has 1 aromatic carbocycles. The number of carbonyl (C=O) groups is 1. The molecule has 0 spiro atoms. The van der Waals surface area contributed by atoms with Crippen LogP contribution in [0, 0.1) is 13.8 Å². The van der Waals surface area contributed by atoms with Crippen LogP contribution >= 0.6 is 0 Å². The molecule has 1 aromatic heterocycles. The molecule has 1 amide bonds. The predicted octanol–water partition coefficient (Wildman–Crippen LogP) is 4.00. The zero-order valence-electron chi connectivity index (χ0n) is 17.1. The van der Waals surface area contributed by atoms with Crippen LogP contribution in [-0.2, 0) is 13.1 Å². The second-order valence-corrected chi connectivity index (χ2v) is 7.63. The van der Waals surface area contributed by atoms with E-state index in [0.29, 0.717) is 5.56 Å². The fraction of sp³-hybridized carbons (Fsp3) is 0.545. The summed E-state index contributed by atoms with van der Waals surface area (Å²) >= 11 is 0. The molecule has 0 saturated carbocycles. The number of likely N-dealkylation sites (tertiary alicyclic amines) is 1. The predicted molar refractivity (Wildman–Crippen MR) is 109 cm³/mol. The van der Waals surface area contributed by atoms with Gasteiger partial charge in [-0.15, -0.1) is 0 Å². The lowest BCUT2D eigenvalue weighted by molar-refractivity contribution is 0.0939. The standard InChI is InChI=1S/C22H32N4O/c1-5-26-18(4)21(17(3)24-26)16(2)23-22(27)20-11-9-19(10-12-20)15-25-13-7-6-8-14-25/h9-12,16H,5-8,13-15H2,1-4H3,(H,23,27)/t16-/m0/s1. The van der Waals surface area contributed by atoms with Crippen molar-refractivity contribution in [3.05, 3.63) is 52.3 Å². The van der Waals surface area contributed by atoms with Crippen molar-refractivity contribution >= 4 is 5.91 Å². The molecule has 1 atom stereocenters. The van der Waals surface area contributed by atoms with Gasteiger partial charge in [0.05, 0.1) is 11.7 Å². The summed E-state index contributed by atoms with van der Waals surface area (Å²) in [4.78, 5) is 15.2. The third-order valence-electron chi connectivity index (χ3n) is 5.59. The number of benzene rings is 1. The van der Waals surface area contributed by atoms with Gasteiger partial charge in [0.2, 0.25) is 0 Å². The molecule has 146 valence electrons. The minimum atomic E-state index is -0.0640. The Morgan fingerprint density at radius 2 is 1.81 bits per heavy atom. The van der Waals surface area contributed by atoms with E-state index in [1.54, 1.807) is 0 Å². The van der Waals surface area contributed by atoms with Crippen LogP contribution in [0.3, 0.4) is 0 Å². The molecule has 5 heteroatoms. The summed E-state index contributed by atoms with van der Waals surface area (Å²) in [6, 6.07) is 7.98. The van der Waals surface area contributed by atoms with Gasteiger partial charge in [0.25, 0.3) is 5.91 Å². The van der Waals surface area contributed by atoms with E-state index in [1.165, 1.54) is 37.9 Å². The number of hydrogen-bond donors (Lipinski definition) is 1. The third-order valence-corrected chi connectivity index (χ3v) is 5.59. The molecule has 0 bridgehead atoms. The Morgan fingerprint density at radius 3 is 2.41 bits per heavy atom. The Hall–Kier alpha value is -2.14. The third kappa shape index (κ3) is 4.59. The number of rotatable bonds is 6. The van der Waals surface area contributed by atoms with E-state index < -0.39 is 0 Å². The molecule has 1 aliphatic rings. The Kier molecular flexibility index (Phi) is 6.32. The van der Waals surface area contributed by atoms with Crippen molar-refractivity contribution in [2.75, 3.05) is 13.1 Å². The van der Waals surface area contributed by atoms with E-state index in [-0.39, 0.29) is 11.9 Å². The summed E-state index contributed by atoms with van der Waals surface area (Å²) in [7, 11) is 0. The lowest BCUT2D eigenvalue weighted by Crippen LogP contribution is -2.29. The highest BCUT2D eigenvalue weighted by atomic mass is 16.1. The van der Waals surface area contributed by atoms with Gasteiger partial charge >= 0.3 is 0 Å². The smallest absolute Gasteiger partial charge is 0.251 e. The van der Waals surface area contributed by atoms with Crippen molar-refractivity contribution in [3.63, 3.8) is 0 Å². The highest BCUT2D eigenvalue weighted by Gasteiger charge is 2.19. The topological polar surface area (TPSA) is 50.2 Å². The van der Waals surface area contributed by atoms with Crippen molar-refractivity contribution in [3.8, 4) is 0 Å². The van der Waals surface area contributed by atoms with E-state index in [1.807, 2.05) is 30.7 Å². The number of nitrogens with zero attached hydrogens (tertiary/aromatic N) is 3. The molecule has 5 nitrogen and oxygen atoms in total. The maximum atomic E-state index is 12.7. The van der Waals surface area contributed by atoms with Gasteiger partial charge in [0.1, 0.15) is 0 Å². The minimum absolute atomic E-state index is 0.0323. The van der Waals surface area contributed by atoms with Gasteiger partial charge in [-0.1, -0.05) is 18.6 Å². The number of nitrogens with one attached hydrogen (secondary N) is 1. The Bertz CT molecular complexity index is 772. The number of aryl methyl sites for hydroxylation is 2. The molecular formula is C22H32N4O. The summed E-state index contributed by atoms with van der Waals surface area (Å²) in [6.45, 7) is 12.4. The van der Waals surface area contributed by atoms with Crippen molar-refractivity contribution in [2.24, 2.45) is 0 Å². The lowest BCUT2D eigenvalue weighted by atomic mass is 10.0. The SMILES string of the molecule is CCn1nc(C)c([C@H](C)NC(=O)c2ccc(CN3CCCCC3)cc2)c1C. The van der Waals surface area contributed by atoms with Crippen molar-refractivity contribution in [1.82, 2.24) is 20.0 Å². The van der Waals surface area contributed by atoms with Crippen LogP contribution in [0.25, 0.3) is 0 Å². The quantitative estimate of drug-likeness (QED) is 0.838. The highest BCUT2D eigenvalue weighted by Crippen LogP contribution is 2.22. The van der Waals surface area contributed by atoms with E-state index >= 15 is 0 Å². The van der Waals surface area contributed by atoms with Crippen LogP contribution < -0.4 is 5.32 Å². The molecule has 1 aliphatic heterocycles. The van der Waals surface area contributed by atoms with Gasteiger partial charge in [0, 0.05) is 29.9 Å². The number of piperidine rings is 1. The van der Waals surface area contributed by atoms with Gasteiger partial charge in [0.15, 0.2) is 0 Å². The molecule has 0 radical (unpaired) electrons. The first-order chi connectivity index (χ1) is 13.0. The Morgan fingerprint density at radius 1 is 1.15 bits per heavy atom. The van der Waals surface area contributed by atoms with E-state index in [2.05, 4.69) is 41.3 Å². The van der Waals surface area contributed by atoms with Crippen LogP contribution in [0.5, 0.6) is 0 Å². The minimum Gasteiger partial charge on any atom is -0.345 e. The van der Waals surface area contributed by atoms with Crippen molar-refractivity contribution in [1.29, 1.82) is 0 Å². The van der Waals surface area contributed by atoms with Crippen LogP contribution in [0.1, 0.15) is 72.0 Å². The zero-order valence-corrected chi connectivity index (χ0v) is 17.1. The molecule has 1 N–H and O–H groups in total. The summed E-state index contributed by atoms with van der Waals surface area (Å²) in [5, 5.41) is 7.69. The second-order valence-electron chi connectivity index (χ2n) is 7.63. The summed E-state index contributed by atoms with van der Waals surface area (Å²) in [5.74, 6) is -0.0323. The molecule has 2 heterocycles. The van der Waals surface area contributed by atoms with E-state index in [0.717, 1.165) is 30.0 Å². The van der Waals surface area contributed by atoms with Gasteiger partial charge in [-0.25, -0.2) is 0 Å². The summed E-state index contributed by atoms with van der Waals surface area (Å²) in [6.07, 6.45) is 3.95. The molecular weight excluding hydrogens is 336 g/mol. The summed E-state index contributed by atoms with van der Waals surface area (Å²) in [5.41, 5.74) is 5.21. The second kappa shape index (κ2) is 8.70. The molecule has 2 aromatic rings. The van der Waals surface area contributed by atoms with Gasteiger partial charge in [-0.3, -0.25) is 14.4 Å². The monoisotopic (exact) mass is 368 g/mol. The first kappa shape index (κ1) is 19.6. The van der Waals surface area contributed by atoms with Crippen molar-refractivity contribution < 1.29 is 4.79 Å². The first-order valence-corrected chi connectivity index (χ1v) is 10.2. The summed E-state index contributed by atoms with van der Waals surface area (Å²) < 4.78 is 1.99. The highest BCUT2D eigenvalue weighted by molar-refractivity contribution is 5.94. The number of hydrogen-bond acceptors (Lipinski definition) is 3. The zero-order chi connectivity index (χ0) is 19.4. The molecule has 0 aliphatic carbocycles. The van der Waals surface area contributed by atoms with Gasteiger partial charge in [-0.2, -0.15) is 5.10 Å². The fourth-order valence-corrected chi connectivity index (χ4v) is 4.13. The average molecular weight is 369 g/mol. The Balaban J connectivity index is 1.63. The maximum absolute atomic E-state index is 12.7. The average Bonchev–Trinajstić information content (AvgIpc) is 2.96. The van der Waals surface area contributed by atoms with Gasteiger partial charge < -0.3 is 5.32 Å². The van der Waals surface area contributed by atoms with Crippen LogP contribution in [0.15, 0.2) is 24.3 Å². The van der Waals surface area contributed by atoms with E-state index in [4.69, 9.17) is 0 Å². The normalized spacial score (nSPS) is 16.3. The van der Waals surface area contributed by atoms with Gasteiger partial charge in [-0.05, 0) is 71.3 Å². The lowest BCUT2D eigenvalue weighted by Gasteiger charge is -2.26. The van der Waals surface area contributed by atoms with Crippen molar-refractivity contribution in [2.45, 2.75) is 66.1 Å². The van der Waals surface area contributed by atoms with E-state index in [9.17, 15) is 4.79 Å². The molecule has 27 heavy (non-hydrogen) atoms. The molecule has 0 unspecified atom stereocenters. The molecule has 1 saturated heterocycles. The molecule has 1 fully saturated rings. The Labute approximate surface area is 162 Å². The number of aromatic nitrogens is 2. The number of amides is 1. The maximum Gasteiger partial charge on any atom is 0.251 e. The van der Waals surface area contributed by atoms with Crippen LogP contribution in [0.2, 0.25) is 0 Å². The van der Waals surface area contributed by atoms with Crippen LogP contribution in [0.4, 0.5) is 0 Å². The largest absolute Gasteiger partial charge is 0.345 e. The number of carbonyl (C=O) groups excluding carboxylic acids is 1. The first-order valence-electron chi connectivity index (χ1n) is 10.2. The van der Waals surface area contributed by atoms with Crippen LogP contribution in [-0.4, -0.2) is 33.7 Å².